The van der Waals surface area contributed by atoms with Crippen LogP contribution >= 0.6 is 0 Å². The lowest BCUT2D eigenvalue weighted by atomic mass is 9.98. The van der Waals surface area contributed by atoms with Gasteiger partial charge in [-0.15, -0.1) is 0 Å². The average Bonchev–Trinajstić information content (AvgIpc) is 2.41. The van der Waals surface area contributed by atoms with Gasteiger partial charge in [-0.05, 0) is 39.8 Å². The number of ether oxygens (including phenoxy) is 1. The van der Waals surface area contributed by atoms with Crippen LogP contribution in [-0.2, 0) is 19.0 Å². The molecule has 2 rings (SSSR count). The van der Waals surface area contributed by atoms with E-state index >= 15 is 0 Å². The third-order valence-electron chi connectivity index (χ3n) is 3.38. The van der Waals surface area contributed by atoms with Gasteiger partial charge in [0.1, 0.15) is 12.2 Å². The molecule has 0 bridgehead atoms. The van der Waals surface area contributed by atoms with Crippen molar-refractivity contribution in [1.82, 2.24) is 4.90 Å². The van der Waals surface area contributed by atoms with Crippen LogP contribution < -0.4 is 0 Å². The molecule has 134 valence electrons. The molecule has 1 aromatic carbocycles. The lowest BCUT2D eigenvalue weighted by Gasteiger charge is -2.43. The SMILES string of the molecule is Cc1ccc(S(=O)(=O)OCC2(F)CN(C(=O)OC(C)(C)C)C2)cc1. The first kappa shape index (κ1) is 18.7. The predicted octanol–water partition coefficient (Wildman–Crippen LogP) is 2.66. The average molecular weight is 359 g/mol. The quantitative estimate of drug-likeness (QED) is 0.773. The van der Waals surface area contributed by atoms with Crippen LogP contribution in [0, 0.1) is 6.92 Å². The Bertz CT molecular complexity index is 703. The monoisotopic (exact) mass is 359 g/mol. The van der Waals surface area contributed by atoms with Crippen LogP contribution in [0.2, 0.25) is 0 Å². The number of likely N-dealkylation sites (tertiary alicyclic amines) is 1. The number of benzene rings is 1. The molecule has 0 saturated carbocycles. The Hall–Kier alpha value is -1.67. The van der Waals surface area contributed by atoms with Gasteiger partial charge in [0.2, 0.25) is 0 Å². The smallest absolute Gasteiger partial charge is 0.410 e. The molecule has 0 aromatic heterocycles. The van der Waals surface area contributed by atoms with Crippen molar-refractivity contribution >= 4 is 16.2 Å². The normalized spacial score (nSPS) is 17.3. The number of hydrogen-bond donors (Lipinski definition) is 0. The third kappa shape index (κ3) is 4.67. The number of carbonyl (C=O) groups is 1. The van der Waals surface area contributed by atoms with Crippen molar-refractivity contribution in [3.8, 4) is 0 Å². The molecular weight excluding hydrogens is 337 g/mol. The summed E-state index contributed by atoms with van der Waals surface area (Å²) in [7, 11) is -4.03. The molecule has 1 aliphatic heterocycles. The lowest BCUT2D eigenvalue weighted by molar-refractivity contribution is -0.0676. The van der Waals surface area contributed by atoms with Gasteiger partial charge in [-0.1, -0.05) is 17.7 Å². The van der Waals surface area contributed by atoms with Crippen LogP contribution in [-0.4, -0.2) is 50.4 Å². The zero-order valence-corrected chi connectivity index (χ0v) is 15.0. The minimum absolute atomic E-state index is 0.0278. The van der Waals surface area contributed by atoms with E-state index in [0.717, 1.165) is 5.56 Å². The zero-order valence-electron chi connectivity index (χ0n) is 14.2. The van der Waals surface area contributed by atoms with Gasteiger partial charge in [0, 0.05) is 0 Å². The van der Waals surface area contributed by atoms with Crippen molar-refractivity contribution in [3.05, 3.63) is 29.8 Å². The summed E-state index contributed by atoms with van der Waals surface area (Å²) in [6.07, 6.45) is -0.628. The molecule has 1 amide bonds. The summed E-state index contributed by atoms with van der Waals surface area (Å²) in [5.74, 6) is 0. The molecule has 1 heterocycles. The number of amides is 1. The van der Waals surface area contributed by atoms with Gasteiger partial charge in [-0.2, -0.15) is 8.42 Å². The number of rotatable bonds is 4. The van der Waals surface area contributed by atoms with Gasteiger partial charge >= 0.3 is 6.09 Å². The van der Waals surface area contributed by atoms with E-state index in [9.17, 15) is 17.6 Å². The molecule has 0 N–H and O–H groups in total. The summed E-state index contributed by atoms with van der Waals surface area (Å²) >= 11 is 0. The zero-order chi connectivity index (χ0) is 18.2. The summed E-state index contributed by atoms with van der Waals surface area (Å²) in [5.41, 5.74) is -1.66. The highest BCUT2D eigenvalue weighted by molar-refractivity contribution is 7.86. The molecule has 0 atom stereocenters. The van der Waals surface area contributed by atoms with E-state index < -0.39 is 34.1 Å². The second kappa shape index (κ2) is 6.33. The molecule has 1 fully saturated rings. The Morgan fingerprint density at radius 3 is 2.29 bits per heavy atom. The van der Waals surface area contributed by atoms with Crippen molar-refractivity contribution in [3.63, 3.8) is 0 Å². The highest BCUT2D eigenvalue weighted by Gasteiger charge is 2.48. The van der Waals surface area contributed by atoms with Crippen LogP contribution in [0.25, 0.3) is 0 Å². The molecule has 1 saturated heterocycles. The predicted molar refractivity (Wildman–Crippen MR) is 86.0 cm³/mol. The van der Waals surface area contributed by atoms with Crippen LogP contribution in [0.3, 0.4) is 0 Å². The van der Waals surface area contributed by atoms with Crippen molar-refractivity contribution in [1.29, 1.82) is 0 Å². The molecule has 1 aromatic rings. The van der Waals surface area contributed by atoms with Crippen molar-refractivity contribution in [2.24, 2.45) is 0 Å². The maximum atomic E-state index is 14.4. The number of aryl methyl sites for hydroxylation is 1. The summed E-state index contributed by atoms with van der Waals surface area (Å²) in [6.45, 7) is 5.81. The standard InChI is InChI=1S/C16H22FNO5S/c1-12-5-7-13(8-6-12)24(20,21)22-11-16(17)9-18(10-16)14(19)23-15(2,3)4/h5-8H,9-11H2,1-4H3. The Kier molecular flexibility index (Phi) is 4.92. The first-order valence-corrected chi connectivity index (χ1v) is 8.94. The number of halogens is 1. The summed E-state index contributed by atoms with van der Waals surface area (Å²) in [5, 5.41) is 0. The first-order valence-electron chi connectivity index (χ1n) is 7.53. The van der Waals surface area contributed by atoms with Gasteiger partial charge in [0.25, 0.3) is 10.1 Å². The van der Waals surface area contributed by atoms with Crippen LogP contribution in [0.4, 0.5) is 9.18 Å². The first-order chi connectivity index (χ1) is 10.9. The largest absolute Gasteiger partial charge is 0.444 e. The van der Waals surface area contributed by atoms with Crippen LogP contribution in [0.1, 0.15) is 26.3 Å². The second-order valence-electron chi connectivity index (χ2n) is 7.02. The van der Waals surface area contributed by atoms with E-state index in [1.165, 1.54) is 17.0 Å². The van der Waals surface area contributed by atoms with E-state index in [-0.39, 0.29) is 18.0 Å². The van der Waals surface area contributed by atoms with Gasteiger partial charge in [0.15, 0.2) is 5.67 Å². The van der Waals surface area contributed by atoms with Gasteiger partial charge in [0.05, 0.1) is 18.0 Å². The van der Waals surface area contributed by atoms with E-state index in [2.05, 4.69) is 0 Å². The molecule has 0 radical (unpaired) electrons. The Morgan fingerprint density at radius 2 is 1.79 bits per heavy atom. The minimum atomic E-state index is -4.03. The van der Waals surface area contributed by atoms with Crippen LogP contribution in [0.15, 0.2) is 29.2 Å². The molecule has 8 heteroatoms. The van der Waals surface area contributed by atoms with E-state index in [0.29, 0.717) is 0 Å². The van der Waals surface area contributed by atoms with E-state index in [4.69, 9.17) is 8.92 Å². The fourth-order valence-corrected chi connectivity index (χ4v) is 3.11. The van der Waals surface area contributed by atoms with Crippen molar-refractivity contribution in [2.45, 2.75) is 43.9 Å². The minimum Gasteiger partial charge on any atom is -0.444 e. The highest BCUT2D eigenvalue weighted by Crippen LogP contribution is 2.29. The van der Waals surface area contributed by atoms with Crippen LogP contribution in [0.5, 0.6) is 0 Å². The molecular formula is C16H22FNO5S. The molecule has 1 aliphatic rings. The molecule has 0 aliphatic carbocycles. The maximum absolute atomic E-state index is 14.4. The number of hydrogen-bond acceptors (Lipinski definition) is 5. The summed E-state index contributed by atoms with van der Waals surface area (Å²) in [6, 6.07) is 6.08. The number of carbonyl (C=O) groups excluding carboxylic acids is 1. The molecule has 24 heavy (non-hydrogen) atoms. The van der Waals surface area contributed by atoms with Gasteiger partial charge in [-0.3, -0.25) is 4.18 Å². The van der Waals surface area contributed by atoms with Gasteiger partial charge < -0.3 is 9.64 Å². The van der Waals surface area contributed by atoms with Crippen molar-refractivity contribution in [2.75, 3.05) is 19.7 Å². The lowest BCUT2D eigenvalue weighted by Crippen LogP contribution is -2.63. The molecule has 6 nitrogen and oxygen atoms in total. The topological polar surface area (TPSA) is 72.9 Å². The molecule has 0 spiro atoms. The summed E-state index contributed by atoms with van der Waals surface area (Å²) < 4.78 is 48.4. The maximum Gasteiger partial charge on any atom is 0.410 e. The Balaban J connectivity index is 1.89. The van der Waals surface area contributed by atoms with Gasteiger partial charge in [-0.25, -0.2) is 9.18 Å². The fraction of sp³-hybridized carbons (Fsp3) is 0.562. The van der Waals surface area contributed by atoms with Crippen molar-refractivity contribution < 1.29 is 26.5 Å². The second-order valence-corrected chi connectivity index (χ2v) is 8.63. The molecule has 0 unspecified atom stereocenters. The third-order valence-corrected chi connectivity index (χ3v) is 4.66. The number of alkyl halides is 1. The Morgan fingerprint density at radius 1 is 1.25 bits per heavy atom. The summed E-state index contributed by atoms with van der Waals surface area (Å²) in [4.78, 5) is 12.9. The number of nitrogens with zero attached hydrogens (tertiary/aromatic N) is 1. The fourth-order valence-electron chi connectivity index (χ4n) is 2.14. The highest BCUT2D eigenvalue weighted by atomic mass is 32.2. The van der Waals surface area contributed by atoms with E-state index in [1.54, 1.807) is 32.9 Å². The van der Waals surface area contributed by atoms with E-state index in [1.807, 2.05) is 6.92 Å². The Labute approximate surface area is 141 Å².